The largest absolute Gasteiger partial charge is 0.310 e. The standard InChI is InChI=1S/C44H38N2/c1-32-21-25-37(26-22-32)45(35-15-7-3-8-16-35)41-29-30-42(44-40-20-12-11-19-39(40)43(41)44)46(36-17-9-4-10-18-36)38-27-23-34(24-28-38)31-33-13-5-2-6-14-33/h3-4,7-12,15-31H,2,5-6,13-14H2,1H3. The SMILES string of the molecule is Cc1ccc(N(c2ccccc2)c2ccc(N(c3ccccc3)c3ccc(C=C4CCCCC4)cc3)c3c2-c2ccccc2-3)cc1. The van der Waals surface area contributed by atoms with Gasteiger partial charge in [0, 0.05) is 33.9 Å². The van der Waals surface area contributed by atoms with Crippen LogP contribution in [0, 0.1) is 6.92 Å². The van der Waals surface area contributed by atoms with E-state index in [2.05, 4.69) is 168 Å². The molecule has 0 atom stereocenters. The maximum absolute atomic E-state index is 2.43. The first-order valence-corrected chi connectivity index (χ1v) is 16.6. The molecule has 224 valence electrons. The number of allylic oxidation sites excluding steroid dienone is 1. The lowest BCUT2D eigenvalue weighted by Gasteiger charge is -2.37. The molecule has 0 unspecified atom stereocenters. The van der Waals surface area contributed by atoms with E-state index in [-0.39, 0.29) is 0 Å². The molecule has 1 fully saturated rings. The van der Waals surface area contributed by atoms with Crippen LogP contribution >= 0.6 is 0 Å². The third kappa shape index (κ3) is 5.20. The molecule has 6 aromatic rings. The van der Waals surface area contributed by atoms with Crippen molar-refractivity contribution in [2.24, 2.45) is 0 Å². The zero-order valence-electron chi connectivity index (χ0n) is 26.4. The molecule has 2 aliphatic rings. The van der Waals surface area contributed by atoms with Crippen LogP contribution in [0.2, 0.25) is 0 Å². The van der Waals surface area contributed by atoms with E-state index >= 15 is 0 Å². The maximum atomic E-state index is 2.43. The summed E-state index contributed by atoms with van der Waals surface area (Å²) in [4.78, 5) is 4.83. The Morgan fingerprint density at radius 1 is 0.435 bits per heavy atom. The lowest BCUT2D eigenvalue weighted by molar-refractivity contribution is 0.602. The van der Waals surface area contributed by atoms with Crippen molar-refractivity contribution in [2.45, 2.75) is 39.0 Å². The number of nitrogens with zero attached hydrogens (tertiary/aromatic N) is 2. The van der Waals surface area contributed by atoms with Crippen LogP contribution in [-0.2, 0) is 0 Å². The molecular formula is C44H38N2. The fraction of sp³-hybridized carbons (Fsp3) is 0.136. The van der Waals surface area contributed by atoms with E-state index in [1.165, 1.54) is 76.9 Å². The topological polar surface area (TPSA) is 6.48 Å². The number of anilines is 6. The fourth-order valence-electron chi connectivity index (χ4n) is 7.16. The summed E-state index contributed by atoms with van der Waals surface area (Å²) in [6, 6.07) is 53.0. The van der Waals surface area contributed by atoms with Gasteiger partial charge in [0.2, 0.25) is 0 Å². The molecule has 8 rings (SSSR count). The first-order valence-electron chi connectivity index (χ1n) is 16.6. The van der Waals surface area contributed by atoms with Crippen LogP contribution in [0.3, 0.4) is 0 Å². The monoisotopic (exact) mass is 594 g/mol. The number of hydrogen-bond donors (Lipinski definition) is 0. The molecule has 0 bridgehead atoms. The van der Waals surface area contributed by atoms with Gasteiger partial charge >= 0.3 is 0 Å². The highest BCUT2D eigenvalue weighted by Gasteiger charge is 2.33. The van der Waals surface area contributed by atoms with Crippen molar-refractivity contribution in [3.63, 3.8) is 0 Å². The third-order valence-corrected chi connectivity index (χ3v) is 9.45. The zero-order chi connectivity index (χ0) is 30.9. The van der Waals surface area contributed by atoms with Crippen molar-refractivity contribution in [1.82, 2.24) is 0 Å². The van der Waals surface area contributed by atoms with E-state index in [1.807, 2.05) is 0 Å². The predicted molar refractivity (Wildman–Crippen MR) is 196 cm³/mol. The van der Waals surface area contributed by atoms with Gasteiger partial charge in [-0.2, -0.15) is 0 Å². The molecule has 2 aliphatic carbocycles. The molecule has 2 heteroatoms. The Hall–Kier alpha value is -5.34. The van der Waals surface area contributed by atoms with Crippen LogP contribution < -0.4 is 9.80 Å². The molecule has 46 heavy (non-hydrogen) atoms. The maximum Gasteiger partial charge on any atom is 0.0548 e. The van der Waals surface area contributed by atoms with Crippen molar-refractivity contribution in [1.29, 1.82) is 0 Å². The summed E-state index contributed by atoms with van der Waals surface area (Å²) in [7, 11) is 0. The highest BCUT2D eigenvalue weighted by Crippen LogP contribution is 2.59. The second-order valence-corrected chi connectivity index (χ2v) is 12.5. The summed E-state index contributed by atoms with van der Waals surface area (Å²) >= 11 is 0. The van der Waals surface area contributed by atoms with Gasteiger partial charge in [-0.3, -0.25) is 0 Å². The molecule has 0 amide bonds. The Balaban J connectivity index is 1.29. The van der Waals surface area contributed by atoms with Gasteiger partial charge in [0.25, 0.3) is 0 Å². The van der Waals surface area contributed by atoms with Crippen LogP contribution in [0.4, 0.5) is 34.1 Å². The number of benzene rings is 6. The Kier molecular flexibility index (Phi) is 7.48. The molecule has 0 heterocycles. The summed E-state index contributed by atoms with van der Waals surface area (Å²) in [6.07, 6.45) is 8.88. The molecule has 6 aromatic carbocycles. The molecule has 0 N–H and O–H groups in total. The lowest BCUT2D eigenvalue weighted by atomic mass is 9.77. The number of rotatable bonds is 7. The van der Waals surface area contributed by atoms with E-state index in [9.17, 15) is 0 Å². The van der Waals surface area contributed by atoms with Crippen LogP contribution in [0.1, 0.15) is 43.2 Å². The highest BCUT2D eigenvalue weighted by molar-refractivity contribution is 6.15. The van der Waals surface area contributed by atoms with Gasteiger partial charge in [-0.05, 0) is 110 Å². The Labute approximate surface area is 272 Å². The molecular weight excluding hydrogens is 556 g/mol. The van der Waals surface area contributed by atoms with Crippen LogP contribution in [0.15, 0.2) is 151 Å². The minimum Gasteiger partial charge on any atom is -0.310 e. The van der Waals surface area contributed by atoms with Crippen molar-refractivity contribution < 1.29 is 0 Å². The predicted octanol–water partition coefficient (Wildman–Crippen LogP) is 12.9. The van der Waals surface area contributed by atoms with Crippen LogP contribution in [0.5, 0.6) is 0 Å². The molecule has 0 spiro atoms. The van der Waals surface area contributed by atoms with Gasteiger partial charge in [-0.1, -0.05) is 109 Å². The smallest absolute Gasteiger partial charge is 0.0548 e. The van der Waals surface area contributed by atoms with Crippen LogP contribution in [-0.4, -0.2) is 0 Å². The highest BCUT2D eigenvalue weighted by atomic mass is 15.2. The van der Waals surface area contributed by atoms with Crippen molar-refractivity contribution in [3.8, 4) is 22.3 Å². The van der Waals surface area contributed by atoms with Gasteiger partial charge in [0.15, 0.2) is 0 Å². The van der Waals surface area contributed by atoms with Crippen LogP contribution in [0.25, 0.3) is 28.3 Å². The quantitative estimate of drug-likeness (QED) is 0.181. The average Bonchev–Trinajstić information content (AvgIpc) is 3.10. The van der Waals surface area contributed by atoms with Gasteiger partial charge in [-0.15, -0.1) is 0 Å². The van der Waals surface area contributed by atoms with E-state index in [1.54, 1.807) is 5.57 Å². The van der Waals surface area contributed by atoms with Gasteiger partial charge < -0.3 is 9.80 Å². The average molecular weight is 595 g/mol. The Morgan fingerprint density at radius 3 is 1.37 bits per heavy atom. The Morgan fingerprint density at radius 2 is 0.870 bits per heavy atom. The molecule has 0 aromatic heterocycles. The summed E-state index contributed by atoms with van der Waals surface area (Å²) in [5, 5.41) is 0. The second-order valence-electron chi connectivity index (χ2n) is 12.5. The van der Waals surface area contributed by atoms with Gasteiger partial charge in [-0.25, -0.2) is 0 Å². The van der Waals surface area contributed by atoms with Gasteiger partial charge in [0.05, 0.1) is 11.4 Å². The van der Waals surface area contributed by atoms with Crippen molar-refractivity contribution in [3.05, 3.63) is 162 Å². The number of fused-ring (bicyclic) bond motifs is 4. The van der Waals surface area contributed by atoms with E-state index in [0.717, 1.165) is 22.7 Å². The van der Waals surface area contributed by atoms with E-state index in [0.29, 0.717) is 0 Å². The summed E-state index contributed by atoms with van der Waals surface area (Å²) in [5.41, 5.74) is 16.3. The molecule has 0 aliphatic heterocycles. The van der Waals surface area contributed by atoms with Gasteiger partial charge in [0.1, 0.15) is 0 Å². The van der Waals surface area contributed by atoms with Crippen molar-refractivity contribution in [2.75, 3.05) is 9.80 Å². The number of aryl methyl sites for hydroxylation is 1. The normalized spacial score (nSPS) is 13.3. The summed E-state index contributed by atoms with van der Waals surface area (Å²) in [5.74, 6) is 0. The molecule has 2 nitrogen and oxygen atoms in total. The minimum absolute atomic E-state index is 1.15. The minimum atomic E-state index is 1.15. The molecule has 0 radical (unpaired) electrons. The second kappa shape index (κ2) is 12.2. The molecule has 1 saturated carbocycles. The van der Waals surface area contributed by atoms with Crippen molar-refractivity contribution >= 4 is 40.2 Å². The third-order valence-electron chi connectivity index (χ3n) is 9.45. The first-order chi connectivity index (χ1) is 22.7. The Bertz CT molecular complexity index is 2000. The number of hydrogen-bond acceptors (Lipinski definition) is 2. The zero-order valence-corrected chi connectivity index (χ0v) is 26.4. The first kappa shape index (κ1) is 28.2. The van der Waals surface area contributed by atoms with E-state index < -0.39 is 0 Å². The molecule has 0 saturated heterocycles. The summed E-state index contributed by atoms with van der Waals surface area (Å²) < 4.78 is 0. The number of para-hydroxylation sites is 2. The lowest BCUT2D eigenvalue weighted by Crippen LogP contribution is -2.18. The fourth-order valence-corrected chi connectivity index (χ4v) is 7.16. The summed E-state index contributed by atoms with van der Waals surface area (Å²) in [6.45, 7) is 2.14. The van der Waals surface area contributed by atoms with E-state index in [4.69, 9.17) is 0 Å².